The van der Waals surface area contributed by atoms with Gasteiger partial charge in [0, 0.05) is 11.3 Å². The van der Waals surface area contributed by atoms with Crippen molar-refractivity contribution in [2.45, 2.75) is 25.2 Å². The zero-order valence-corrected chi connectivity index (χ0v) is 15.0. The maximum Gasteiger partial charge on any atom is 0.175 e. The first kappa shape index (κ1) is 17.8. The van der Waals surface area contributed by atoms with E-state index in [0.717, 1.165) is 16.7 Å². The number of ether oxygens (including phenoxy) is 1. The lowest BCUT2D eigenvalue weighted by Gasteiger charge is -2.15. The van der Waals surface area contributed by atoms with Crippen LogP contribution in [0.3, 0.4) is 0 Å². The quantitative estimate of drug-likeness (QED) is 0.890. The largest absolute Gasteiger partial charge is 0.457 e. The fourth-order valence-electron chi connectivity index (χ4n) is 2.21. The van der Waals surface area contributed by atoms with E-state index < -0.39 is 9.84 Å². The van der Waals surface area contributed by atoms with Crippen LogP contribution in [0, 0.1) is 13.8 Å². The summed E-state index contributed by atoms with van der Waals surface area (Å²) in [5, 5.41) is 0.668. The highest BCUT2D eigenvalue weighted by Gasteiger charge is 2.14. The molecule has 0 aliphatic heterocycles. The molecule has 2 aromatic rings. The number of hydrogen-bond acceptors (Lipinski definition) is 4. The van der Waals surface area contributed by atoms with Gasteiger partial charge in [-0.3, -0.25) is 0 Å². The summed E-state index contributed by atoms with van der Waals surface area (Å²) in [6.07, 6.45) is 1.78. The maximum atomic E-state index is 11.8. The third kappa shape index (κ3) is 4.05. The summed E-state index contributed by atoms with van der Waals surface area (Å²) in [6.45, 7) is 4.28. The van der Waals surface area contributed by atoms with Gasteiger partial charge in [-0.25, -0.2) is 8.42 Å². The molecule has 0 radical (unpaired) electrons. The van der Waals surface area contributed by atoms with Crippen molar-refractivity contribution in [1.82, 2.24) is 0 Å². The van der Waals surface area contributed by atoms with Crippen LogP contribution in [-0.2, 0) is 16.3 Å². The average Bonchev–Trinajstić information content (AvgIpc) is 2.48. The van der Waals surface area contributed by atoms with Crippen molar-refractivity contribution < 1.29 is 13.2 Å². The van der Waals surface area contributed by atoms with Gasteiger partial charge in [0.15, 0.2) is 9.84 Å². The van der Waals surface area contributed by atoms with E-state index in [0.29, 0.717) is 29.5 Å². The highest BCUT2D eigenvalue weighted by Crippen LogP contribution is 2.33. The third-order valence-corrected chi connectivity index (χ3v) is 5.29. The zero-order chi connectivity index (χ0) is 17.2. The molecule has 0 saturated carbocycles. The fourth-order valence-corrected chi connectivity index (χ4v) is 3.06. The Kier molecular flexibility index (Phi) is 5.34. The van der Waals surface area contributed by atoms with E-state index in [9.17, 15) is 8.42 Å². The predicted octanol–water partition coefficient (Wildman–Crippen LogP) is 3.65. The number of halogens is 1. The van der Waals surface area contributed by atoms with E-state index in [2.05, 4.69) is 0 Å². The molecule has 0 saturated heterocycles. The molecule has 2 N–H and O–H groups in total. The third-order valence-electron chi connectivity index (χ3n) is 3.77. The molecule has 0 atom stereocenters. The van der Waals surface area contributed by atoms with Crippen molar-refractivity contribution in [3.63, 3.8) is 0 Å². The normalized spacial score (nSPS) is 11.5. The van der Waals surface area contributed by atoms with Crippen LogP contribution in [0.4, 0.5) is 0 Å². The van der Waals surface area contributed by atoms with Gasteiger partial charge in [0.1, 0.15) is 11.5 Å². The van der Waals surface area contributed by atoms with Crippen molar-refractivity contribution in [1.29, 1.82) is 0 Å². The monoisotopic (exact) mass is 353 g/mol. The number of rotatable bonds is 5. The van der Waals surface area contributed by atoms with Crippen LogP contribution < -0.4 is 10.5 Å². The molecule has 124 valence electrons. The number of benzene rings is 2. The standard InChI is InChI=1S/C17H20ClNO3S/c1-11-12(2)16(7-6-15(11)18)22-17-10-14(23(3,20)21)5-4-13(17)8-9-19/h4-7,10H,8-9,19H2,1-3H3. The molecule has 0 aliphatic carbocycles. The van der Waals surface area contributed by atoms with E-state index >= 15 is 0 Å². The van der Waals surface area contributed by atoms with Crippen LogP contribution >= 0.6 is 11.6 Å². The number of sulfone groups is 1. The highest BCUT2D eigenvalue weighted by molar-refractivity contribution is 7.90. The Balaban J connectivity index is 2.51. The van der Waals surface area contributed by atoms with Crippen LogP contribution in [0.2, 0.25) is 5.02 Å². The fraction of sp³-hybridized carbons (Fsp3) is 0.294. The summed E-state index contributed by atoms with van der Waals surface area (Å²) in [6, 6.07) is 8.42. The molecule has 2 aromatic carbocycles. The lowest BCUT2D eigenvalue weighted by molar-refractivity contribution is 0.470. The SMILES string of the molecule is Cc1c(Cl)ccc(Oc2cc(S(C)(=O)=O)ccc2CCN)c1C. The summed E-state index contributed by atoms with van der Waals surface area (Å²) in [5.74, 6) is 1.15. The lowest BCUT2D eigenvalue weighted by atomic mass is 10.1. The minimum atomic E-state index is -3.31. The topological polar surface area (TPSA) is 69.4 Å². The second-order valence-electron chi connectivity index (χ2n) is 5.48. The molecule has 0 amide bonds. The van der Waals surface area contributed by atoms with E-state index in [4.69, 9.17) is 22.1 Å². The minimum Gasteiger partial charge on any atom is -0.457 e. The molecule has 2 rings (SSSR count). The number of nitrogens with two attached hydrogens (primary N) is 1. The first-order chi connectivity index (χ1) is 10.7. The van der Waals surface area contributed by atoms with Gasteiger partial charge in [-0.2, -0.15) is 0 Å². The Morgan fingerprint density at radius 1 is 1.09 bits per heavy atom. The molecular weight excluding hydrogens is 334 g/mol. The Morgan fingerprint density at radius 3 is 2.39 bits per heavy atom. The van der Waals surface area contributed by atoms with Crippen molar-refractivity contribution in [3.8, 4) is 11.5 Å². The van der Waals surface area contributed by atoms with Crippen LogP contribution in [0.1, 0.15) is 16.7 Å². The molecule has 0 fully saturated rings. The molecule has 4 nitrogen and oxygen atoms in total. The molecule has 6 heteroatoms. The minimum absolute atomic E-state index is 0.219. The van der Waals surface area contributed by atoms with E-state index in [1.54, 1.807) is 30.3 Å². The van der Waals surface area contributed by atoms with Gasteiger partial charge in [-0.1, -0.05) is 17.7 Å². The predicted molar refractivity (Wildman–Crippen MR) is 93.3 cm³/mol. The maximum absolute atomic E-state index is 11.8. The molecule has 0 bridgehead atoms. The lowest BCUT2D eigenvalue weighted by Crippen LogP contribution is -2.06. The van der Waals surface area contributed by atoms with Gasteiger partial charge in [-0.15, -0.1) is 0 Å². The second kappa shape index (κ2) is 6.91. The Morgan fingerprint density at radius 2 is 1.78 bits per heavy atom. The van der Waals surface area contributed by atoms with Crippen LogP contribution in [0.5, 0.6) is 11.5 Å². The van der Waals surface area contributed by atoms with Gasteiger partial charge < -0.3 is 10.5 Å². The van der Waals surface area contributed by atoms with Gasteiger partial charge in [0.05, 0.1) is 4.90 Å². The molecule has 0 aromatic heterocycles. The second-order valence-corrected chi connectivity index (χ2v) is 7.90. The van der Waals surface area contributed by atoms with E-state index in [1.807, 2.05) is 13.8 Å². The molecule has 0 spiro atoms. The summed E-state index contributed by atoms with van der Waals surface area (Å²) in [5.41, 5.74) is 8.35. The van der Waals surface area contributed by atoms with Crippen molar-refractivity contribution in [2.75, 3.05) is 12.8 Å². The molecule has 23 heavy (non-hydrogen) atoms. The van der Waals surface area contributed by atoms with Crippen molar-refractivity contribution in [2.24, 2.45) is 5.73 Å². The first-order valence-corrected chi connectivity index (χ1v) is 9.47. The summed E-state index contributed by atoms with van der Waals surface area (Å²) in [4.78, 5) is 0.219. The summed E-state index contributed by atoms with van der Waals surface area (Å²) < 4.78 is 29.5. The Bertz CT molecular complexity index is 832. The summed E-state index contributed by atoms with van der Waals surface area (Å²) in [7, 11) is -3.31. The summed E-state index contributed by atoms with van der Waals surface area (Å²) >= 11 is 6.10. The molecule has 0 heterocycles. The first-order valence-electron chi connectivity index (χ1n) is 7.20. The van der Waals surface area contributed by atoms with Crippen molar-refractivity contribution in [3.05, 3.63) is 52.0 Å². The van der Waals surface area contributed by atoms with Crippen LogP contribution in [0.25, 0.3) is 0 Å². The molecule has 0 unspecified atom stereocenters. The van der Waals surface area contributed by atoms with E-state index in [1.165, 1.54) is 6.26 Å². The molecule has 0 aliphatic rings. The number of hydrogen-bond donors (Lipinski definition) is 1. The Labute approximate surface area is 142 Å². The van der Waals surface area contributed by atoms with Crippen LogP contribution in [0.15, 0.2) is 35.2 Å². The average molecular weight is 354 g/mol. The molecular formula is C17H20ClNO3S. The Hall–Kier alpha value is -1.56. The van der Waals surface area contributed by atoms with Gasteiger partial charge in [0.25, 0.3) is 0 Å². The van der Waals surface area contributed by atoms with E-state index in [-0.39, 0.29) is 4.90 Å². The van der Waals surface area contributed by atoms with Gasteiger partial charge in [0.2, 0.25) is 0 Å². The van der Waals surface area contributed by atoms with Gasteiger partial charge >= 0.3 is 0 Å². The van der Waals surface area contributed by atoms with Crippen LogP contribution in [-0.4, -0.2) is 21.2 Å². The zero-order valence-electron chi connectivity index (χ0n) is 13.4. The van der Waals surface area contributed by atoms with Gasteiger partial charge in [-0.05, 0) is 67.8 Å². The van der Waals surface area contributed by atoms with Crippen molar-refractivity contribution >= 4 is 21.4 Å². The smallest absolute Gasteiger partial charge is 0.175 e. The highest BCUT2D eigenvalue weighted by atomic mass is 35.5.